The molecule has 0 atom stereocenters. The van der Waals surface area contributed by atoms with E-state index in [1.54, 1.807) is 35.2 Å². The standard InChI is InChI=1S/C31H25N3O4/c1-20(35)34-28-10-6-5-9-24(28)30(36)29(34)19-23-18-25(21-7-3-2-4-8-21)26-17-22(11-12-27(26)32-23)31(37)33-13-15-38-16-14-33/h2-12,17-19H,13-16H2,1H3/b29-19+. The van der Waals surface area contributed by atoms with Crippen LogP contribution < -0.4 is 4.90 Å². The Hall–Kier alpha value is -4.62. The molecule has 6 rings (SSSR count). The van der Waals surface area contributed by atoms with Crippen molar-refractivity contribution in [1.29, 1.82) is 0 Å². The molecule has 2 aliphatic heterocycles. The highest BCUT2D eigenvalue weighted by molar-refractivity contribution is 6.26. The SMILES string of the molecule is CC(=O)N1/C(=C/c2cc(-c3ccccc3)c3cc(C(=O)N4CCOCC4)ccc3n2)C(=O)c2ccccc21. The lowest BCUT2D eigenvalue weighted by molar-refractivity contribution is -0.116. The molecular formula is C31H25N3O4. The molecule has 2 amide bonds. The van der Waals surface area contributed by atoms with Gasteiger partial charge < -0.3 is 9.64 Å². The van der Waals surface area contributed by atoms with Gasteiger partial charge in [0.2, 0.25) is 11.7 Å². The van der Waals surface area contributed by atoms with Crippen LogP contribution in [-0.4, -0.2) is 53.8 Å². The minimum atomic E-state index is -0.245. The number of hydrogen-bond donors (Lipinski definition) is 0. The second-order valence-corrected chi connectivity index (χ2v) is 9.33. The summed E-state index contributed by atoms with van der Waals surface area (Å²) in [5.74, 6) is -0.498. The zero-order chi connectivity index (χ0) is 26.2. The molecule has 188 valence electrons. The number of benzene rings is 3. The van der Waals surface area contributed by atoms with E-state index in [0.29, 0.717) is 54.3 Å². The van der Waals surface area contributed by atoms with Crippen molar-refractivity contribution in [3.63, 3.8) is 0 Å². The maximum absolute atomic E-state index is 13.3. The number of rotatable bonds is 3. The van der Waals surface area contributed by atoms with Crippen LogP contribution in [0.5, 0.6) is 0 Å². The normalized spacial score (nSPS) is 16.2. The number of morpholine rings is 1. The molecular weight excluding hydrogens is 478 g/mol. The van der Waals surface area contributed by atoms with Crippen LogP contribution in [0.1, 0.15) is 33.3 Å². The van der Waals surface area contributed by atoms with Crippen molar-refractivity contribution in [2.45, 2.75) is 6.92 Å². The van der Waals surface area contributed by atoms with Crippen LogP contribution in [0.3, 0.4) is 0 Å². The molecule has 1 fully saturated rings. The van der Waals surface area contributed by atoms with Gasteiger partial charge in [-0.05, 0) is 53.6 Å². The van der Waals surface area contributed by atoms with Gasteiger partial charge in [0.25, 0.3) is 5.91 Å². The Balaban J connectivity index is 1.49. The van der Waals surface area contributed by atoms with E-state index >= 15 is 0 Å². The first-order valence-corrected chi connectivity index (χ1v) is 12.5. The molecule has 4 aromatic rings. The zero-order valence-corrected chi connectivity index (χ0v) is 20.9. The van der Waals surface area contributed by atoms with Crippen molar-refractivity contribution in [1.82, 2.24) is 9.88 Å². The molecule has 1 saturated heterocycles. The molecule has 3 aromatic carbocycles. The van der Waals surface area contributed by atoms with Crippen LogP contribution in [0.2, 0.25) is 0 Å². The van der Waals surface area contributed by atoms with Crippen molar-refractivity contribution < 1.29 is 19.1 Å². The number of allylic oxidation sites excluding steroid dienone is 1. The summed E-state index contributed by atoms with van der Waals surface area (Å²) >= 11 is 0. The predicted octanol–water partition coefficient (Wildman–Crippen LogP) is 4.96. The summed E-state index contributed by atoms with van der Waals surface area (Å²) in [4.78, 5) is 47.1. The summed E-state index contributed by atoms with van der Waals surface area (Å²) in [6.07, 6.45) is 1.67. The Bertz CT molecular complexity index is 1620. The average Bonchev–Trinajstić information content (AvgIpc) is 3.24. The third-order valence-electron chi connectivity index (χ3n) is 6.92. The third kappa shape index (κ3) is 4.17. The summed E-state index contributed by atoms with van der Waals surface area (Å²) in [6.45, 7) is 3.65. The highest BCUT2D eigenvalue weighted by atomic mass is 16.5. The summed E-state index contributed by atoms with van der Waals surface area (Å²) < 4.78 is 5.39. The number of Topliss-reactive ketones (excluding diaryl/α,β-unsaturated/α-hetero) is 1. The predicted molar refractivity (Wildman–Crippen MR) is 146 cm³/mol. The molecule has 0 spiro atoms. The molecule has 3 heterocycles. The van der Waals surface area contributed by atoms with Gasteiger partial charge in [-0.15, -0.1) is 0 Å². The van der Waals surface area contributed by atoms with Crippen LogP contribution in [0.15, 0.2) is 84.6 Å². The number of carbonyl (C=O) groups excluding carboxylic acids is 3. The minimum absolute atomic E-state index is 0.0353. The Labute approximate surface area is 220 Å². The molecule has 0 bridgehead atoms. The highest BCUT2D eigenvalue weighted by Gasteiger charge is 2.34. The minimum Gasteiger partial charge on any atom is -0.378 e. The average molecular weight is 504 g/mol. The van der Waals surface area contributed by atoms with E-state index in [4.69, 9.17) is 9.72 Å². The maximum atomic E-state index is 13.3. The number of anilines is 1. The smallest absolute Gasteiger partial charge is 0.254 e. The number of ether oxygens (including phenoxy) is 1. The number of fused-ring (bicyclic) bond motifs is 2. The van der Waals surface area contributed by atoms with Crippen LogP contribution in [0.25, 0.3) is 28.1 Å². The van der Waals surface area contributed by atoms with E-state index in [1.807, 2.05) is 54.6 Å². The molecule has 1 aromatic heterocycles. The Kier molecular flexibility index (Phi) is 6.05. The van der Waals surface area contributed by atoms with E-state index in [9.17, 15) is 14.4 Å². The number of para-hydroxylation sites is 1. The fraction of sp³-hybridized carbons (Fsp3) is 0.161. The molecule has 7 nitrogen and oxygen atoms in total. The summed E-state index contributed by atoms with van der Waals surface area (Å²) in [7, 11) is 0. The first-order valence-electron chi connectivity index (χ1n) is 12.5. The number of nitrogens with zero attached hydrogens (tertiary/aromatic N) is 3. The Morgan fingerprint density at radius 1 is 0.895 bits per heavy atom. The molecule has 0 saturated carbocycles. The molecule has 38 heavy (non-hydrogen) atoms. The molecule has 2 aliphatic rings. The van der Waals surface area contributed by atoms with E-state index in [0.717, 1.165) is 16.5 Å². The van der Waals surface area contributed by atoms with Gasteiger partial charge >= 0.3 is 0 Å². The Morgan fingerprint density at radius 2 is 1.63 bits per heavy atom. The van der Waals surface area contributed by atoms with Gasteiger partial charge in [-0.2, -0.15) is 0 Å². The largest absolute Gasteiger partial charge is 0.378 e. The quantitative estimate of drug-likeness (QED) is 0.369. The lowest BCUT2D eigenvalue weighted by atomic mass is 9.98. The number of carbonyl (C=O) groups is 3. The second kappa shape index (κ2) is 9.68. The van der Waals surface area contributed by atoms with Crippen molar-refractivity contribution >= 4 is 40.3 Å². The number of amides is 2. The van der Waals surface area contributed by atoms with Gasteiger partial charge in [0, 0.05) is 36.5 Å². The van der Waals surface area contributed by atoms with Crippen molar-refractivity contribution in [3.05, 3.63) is 101 Å². The number of hydrogen-bond acceptors (Lipinski definition) is 5. The monoisotopic (exact) mass is 503 g/mol. The number of pyridine rings is 1. The second-order valence-electron chi connectivity index (χ2n) is 9.33. The van der Waals surface area contributed by atoms with Crippen molar-refractivity contribution in [2.75, 3.05) is 31.2 Å². The lowest BCUT2D eigenvalue weighted by Gasteiger charge is -2.27. The molecule has 0 N–H and O–H groups in total. The third-order valence-corrected chi connectivity index (χ3v) is 6.92. The highest BCUT2D eigenvalue weighted by Crippen LogP contribution is 2.36. The van der Waals surface area contributed by atoms with Crippen molar-refractivity contribution in [2.24, 2.45) is 0 Å². The lowest BCUT2D eigenvalue weighted by Crippen LogP contribution is -2.40. The molecule has 7 heteroatoms. The van der Waals surface area contributed by atoms with E-state index < -0.39 is 0 Å². The zero-order valence-electron chi connectivity index (χ0n) is 20.9. The van der Waals surface area contributed by atoms with Crippen LogP contribution in [-0.2, 0) is 9.53 Å². The first-order chi connectivity index (χ1) is 18.5. The van der Waals surface area contributed by atoms with Crippen LogP contribution in [0, 0.1) is 0 Å². The Morgan fingerprint density at radius 3 is 2.39 bits per heavy atom. The summed E-state index contributed by atoms with van der Waals surface area (Å²) in [5, 5.41) is 0.835. The van der Waals surface area contributed by atoms with Crippen LogP contribution in [0.4, 0.5) is 5.69 Å². The topological polar surface area (TPSA) is 79.8 Å². The fourth-order valence-electron chi connectivity index (χ4n) is 5.10. The fourth-order valence-corrected chi connectivity index (χ4v) is 5.10. The molecule has 0 unspecified atom stereocenters. The van der Waals surface area contributed by atoms with Gasteiger partial charge in [0.1, 0.15) is 0 Å². The van der Waals surface area contributed by atoms with Crippen molar-refractivity contribution in [3.8, 4) is 11.1 Å². The molecule has 0 radical (unpaired) electrons. The maximum Gasteiger partial charge on any atom is 0.254 e. The van der Waals surface area contributed by atoms with Gasteiger partial charge in [-0.1, -0.05) is 42.5 Å². The summed E-state index contributed by atoms with van der Waals surface area (Å²) in [5.41, 5.74) is 5.00. The number of ketones is 1. The van der Waals surface area contributed by atoms with E-state index in [-0.39, 0.29) is 23.3 Å². The number of aromatic nitrogens is 1. The van der Waals surface area contributed by atoms with Gasteiger partial charge in [-0.25, -0.2) is 4.98 Å². The van der Waals surface area contributed by atoms with Crippen LogP contribution >= 0.6 is 0 Å². The summed E-state index contributed by atoms with van der Waals surface area (Å²) in [6, 6.07) is 24.4. The van der Waals surface area contributed by atoms with Gasteiger partial charge in [0.15, 0.2) is 0 Å². The first kappa shape index (κ1) is 23.8. The van der Waals surface area contributed by atoms with Gasteiger partial charge in [-0.3, -0.25) is 19.3 Å². The van der Waals surface area contributed by atoms with Gasteiger partial charge in [0.05, 0.1) is 35.8 Å². The van der Waals surface area contributed by atoms with E-state index in [2.05, 4.69) is 0 Å². The molecule has 0 aliphatic carbocycles. The van der Waals surface area contributed by atoms with E-state index in [1.165, 1.54) is 11.8 Å².